The zero-order valence-electron chi connectivity index (χ0n) is 14.1. The molecule has 0 fully saturated rings. The van der Waals surface area contributed by atoms with Gasteiger partial charge in [0.2, 0.25) is 10.0 Å². The molecule has 22 heavy (non-hydrogen) atoms. The molecule has 0 radical (unpaired) electrons. The van der Waals surface area contributed by atoms with Gasteiger partial charge < -0.3 is 4.74 Å². The van der Waals surface area contributed by atoms with Crippen LogP contribution in [-0.2, 0) is 14.8 Å². The summed E-state index contributed by atoms with van der Waals surface area (Å²) < 4.78 is 31.5. The molecule has 1 aromatic carbocycles. The van der Waals surface area contributed by atoms with E-state index in [2.05, 4.69) is 18.6 Å². The number of hydrogen-bond acceptors (Lipinski definition) is 4. The molecule has 0 saturated heterocycles. The fraction of sp³-hybridized carbons (Fsp3) is 0.562. The number of rotatable bonds is 6. The van der Waals surface area contributed by atoms with Crippen LogP contribution in [-0.4, -0.2) is 38.9 Å². The van der Waals surface area contributed by atoms with Crippen molar-refractivity contribution in [2.24, 2.45) is 5.92 Å². The Morgan fingerprint density at radius 2 is 1.86 bits per heavy atom. The molecule has 5 nitrogen and oxygen atoms in total. The minimum absolute atomic E-state index is 0.0929. The van der Waals surface area contributed by atoms with Gasteiger partial charge in [-0.15, -0.1) is 0 Å². The van der Waals surface area contributed by atoms with E-state index in [1.165, 1.54) is 23.5 Å². The van der Waals surface area contributed by atoms with Gasteiger partial charge in [-0.05, 0) is 49.9 Å². The summed E-state index contributed by atoms with van der Waals surface area (Å²) in [7, 11) is -0.694. The van der Waals surface area contributed by atoms with E-state index in [-0.39, 0.29) is 10.9 Å². The minimum atomic E-state index is -3.58. The van der Waals surface area contributed by atoms with Crippen LogP contribution in [0.4, 0.5) is 0 Å². The number of aryl methyl sites for hydroxylation is 1. The number of nitrogens with zero attached hydrogens (tertiary/aromatic N) is 1. The Morgan fingerprint density at radius 1 is 1.27 bits per heavy atom. The van der Waals surface area contributed by atoms with Crippen LogP contribution in [0.2, 0.25) is 0 Å². The number of ether oxygens (including phenoxy) is 1. The van der Waals surface area contributed by atoms with Gasteiger partial charge in [-0.1, -0.05) is 13.8 Å². The van der Waals surface area contributed by atoms with Gasteiger partial charge in [0, 0.05) is 13.1 Å². The molecule has 0 spiro atoms. The van der Waals surface area contributed by atoms with Gasteiger partial charge in [0.25, 0.3) is 0 Å². The van der Waals surface area contributed by atoms with Crippen LogP contribution in [0.3, 0.4) is 0 Å². The maximum absolute atomic E-state index is 12.7. The normalized spacial score (nSPS) is 13.5. The molecule has 0 heterocycles. The first-order valence-electron chi connectivity index (χ1n) is 7.28. The average molecular weight is 327 g/mol. The minimum Gasteiger partial charge on any atom is -0.465 e. The van der Waals surface area contributed by atoms with Gasteiger partial charge in [0.05, 0.1) is 17.6 Å². The van der Waals surface area contributed by atoms with Crippen molar-refractivity contribution < 1.29 is 17.9 Å². The molecule has 0 aliphatic heterocycles. The zero-order chi connectivity index (χ0) is 17.1. The first-order valence-corrected chi connectivity index (χ1v) is 8.72. The van der Waals surface area contributed by atoms with Gasteiger partial charge in [0.1, 0.15) is 0 Å². The van der Waals surface area contributed by atoms with E-state index >= 15 is 0 Å². The van der Waals surface area contributed by atoms with Crippen molar-refractivity contribution in [1.82, 2.24) is 4.31 Å². The van der Waals surface area contributed by atoms with Gasteiger partial charge in [-0.3, -0.25) is 0 Å². The molecule has 0 saturated carbocycles. The highest BCUT2D eigenvalue weighted by Crippen LogP contribution is 2.23. The lowest BCUT2D eigenvalue weighted by atomic mass is 10.1. The van der Waals surface area contributed by atoms with Gasteiger partial charge in [0.15, 0.2) is 0 Å². The number of benzene rings is 1. The monoisotopic (exact) mass is 327 g/mol. The Balaban J connectivity index is 3.15. The second kappa shape index (κ2) is 7.24. The number of carbonyl (C=O) groups excluding carboxylic acids is 1. The SMILES string of the molecule is COC(=O)c1ccc(S(=O)(=O)N(C)C(C)CC(C)C)c(C)c1. The summed E-state index contributed by atoms with van der Waals surface area (Å²) in [5, 5.41) is 0. The molecule has 0 N–H and O–H groups in total. The van der Waals surface area contributed by atoms with E-state index in [0.29, 0.717) is 17.0 Å². The largest absolute Gasteiger partial charge is 0.465 e. The molecule has 1 unspecified atom stereocenters. The second-order valence-electron chi connectivity index (χ2n) is 5.97. The van der Waals surface area contributed by atoms with Crippen LogP contribution in [0.5, 0.6) is 0 Å². The number of methoxy groups -OCH3 is 1. The fourth-order valence-electron chi connectivity index (χ4n) is 2.41. The molecule has 6 heteroatoms. The van der Waals surface area contributed by atoms with Crippen LogP contribution in [0.25, 0.3) is 0 Å². The van der Waals surface area contributed by atoms with E-state index in [9.17, 15) is 13.2 Å². The molecule has 0 aliphatic carbocycles. The highest BCUT2D eigenvalue weighted by Gasteiger charge is 2.27. The predicted octanol–water partition coefficient (Wildman–Crippen LogP) is 2.84. The summed E-state index contributed by atoms with van der Waals surface area (Å²) in [6.45, 7) is 7.71. The maximum Gasteiger partial charge on any atom is 0.337 e. The third-order valence-electron chi connectivity index (χ3n) is 3.69. The van der Waals surface area contributed by atoms with E-state index in [0.717, 1.165) is 6.42 Å². The van der Waals surface area contributed by atoms with Crippen LogP contribution >= 0.6 is 0 Å². The predicted molar refractivity (Wildman–Crippen MR) is 86.4 cm³/mol. The third kappa shape index (κ3) is 4.08. The Bertz CT molecular complexity index is 638. The van der Waals surface area contributed by atoms with Crippen molar-refractivity contribution >= 4 is 16.0 Å². The smallest absolute Gasteiger partial charge is 0.337 e. The lowest BCUT2D eigenvalue weighted by molar-refractivity contribution is 0.0600. The molecule has 124 valence electrons. The van der Waals surface area contributed by atoms with Crippen LogP contribution < -0.4 is 0 Å². The fourth-order valence-corrected chi connectivity index (χ4v) is 3.98. The topological polar surface area (TPSA) is 63.7 Å². The second-order valence-corrected chi connectivity index (χ2v) is 7.94. The number of esters is 1. The summed E-state index contributed by atoms with van der Waals surface area (Å²) >= 11 is 0. The first-order chi connectivity index (χ1) is 10.1. The summed E-state index contributed by atoms with van der Waals surface area (Å²) in [5.41, 5.74) is 0.878. The number of hydrogen-bond donors (Lipinski definition) is 0. The highest BCUT2D eigenvalue weighted by atomic mass is 32.2. The van der Waals surface area contributed by atoms with E-state index < -0.39 is 16.0 Å². The van der Waals surface area contributed by atoms with Crippen molar-refractivity contribution in [1.29, 1.82) is 0 Å². The van der Waals surface area contributed by atoms with Gasteiger partial charge in [-0.25, -0.2) is 13.2 Å². The van der Waals surface area contributed by atoms with Gasteiger partial charge >= 0.3 is 5.97 Å². The van der Waals surface area contributed by atoms with Crippen LogP contribution in [0, 0.1) is 12.8 Å². The molecule has 0 amide bonds. The quantitative estimate of drug-likeness (QED) is 0.754. The Morgan fingerprint density at radius 3 is 2.32 bits per heavy atom. The lowest BCUT2D eigenvalue weighted by Gasteiger charge is -2.26. The molecule has 0 aliphatic rings. The molecule has 1 aromatic rings. The molecule has 0 aromatic heterocycles. The number of sulfonamides is 1. The first kappa shape index (κ1) is 18.6. The Hall–Kier alpha value is -1.40. The van der Waals surface area contributed by atoms with Crippen LogP contribution in [0.15, 0.2) is 23.1 Å². The Labute approximate surface area is 133 Å². The summed E-state index contributed by atoms with van der Waals surface area (Å²) in [6, 6.07) is 4.40. The van der Waals surface area contributed by atoms with E-state index in [4.69, 9.17) is 0 Å². The zero-order valence-corrected chi connectivity index (χ0v) is 14.9. The lowest BCUT2D eigenvalue weighted by Crippen LogP contribution is -2.36. The summed E-state index contributed by atoms with van der Waals surface area (Å²) in [4.78, 5) is 11.7. The third-order valence-corrected chi connectivity index (χ3v) is 5.82. The van der Waals surface area contributed by atoms with Crippen molar-refractivity contribution in [2.75, 3.05) is 14.2 Å². The van der Waals surface area contributed by atoms with Crippen molar-refractivity contribution in [3.8, 4) is 0 Å². The van der Waals surface area contributed by atoms with E-state index in [1.807, 2.05) is 6.92 Å². The highest BCUT2D eigenvalue weighted by molar-refractivity contribution is 7.89. The summed E-state index contributed by atoms with van der Waals surface area (Å²) in [5.74, 6) is -0.0657. The van der Waals surface area contributed by atoms with Crippen LogP contribution in [0.1, 0.15) is 43.1 Å². The maximum atomic E-state index is 12.7. The molecular formula is C16H25NO4S. The van der Waals surface area contributed by atoms with E-state index in [1.54, 1.807) is 20.0 Å². The molecule has 1 atom stereocenters. The summed E-state index contributed by atoms with van der Waals surface area (Å²) in [6.07, 6.45) is 0.787. The molecule has 0 bridgehead atoms. The number of carbonyl (C=O) groups is 1. The molecule has 1 rings (SSSR count). The average Bonchev–Trinajstić information content (AvgIpc) is 2.44. The van der Waals surface area contributed by atoms with Crippen molar-refractivity contribution in [2.45, 2.75) is 45.1 Å². The van der Waals surface area contributed by atoms with Gasteiger partial charge in [-0.2, -0.15) is 4.31 Å². The van der Waals surface area contributed by atoms with Crippen molar-refractivity contribution in [3.63, 3.8) is 0 Å². The standard InChI is InChI=1S/C16H25NO4S/c1-11(2)9-13(4)17(5)22(19,20)15-8-7-14(10-12(15)3)16(18)21-6/h7-8,10-11,13H,9H2,1-6H3. The molecular weight excluding hydrogens is 302 g/mol. The van der Waals surface area contributed by atoms with Crippen molar-refractivity contribution in [3.05, 3.63) is 29.3 Å². The Kier molecular flexibility index (Phi) is 6.14.